The van der Waals surface area contributed by atoms with E-state index in [0.29, 0.717) is 32.0 Å². The number of piperidine rings is 1. The normalized spacial score (nSPS) is 20.4. The van der Waals surface area contributed by atoms with Gasteiger partial charge in [0, 0.05) is 49.4 Å². The SMILES string of the molecule is O=C1C[C@@H]2CN(C(=O)c3ccc(-c4cccc5cnccc45)c4ccccc34)C[C@@H]2CN1. The number of likely N-dealkylation sites (tertiary alicyclic amines) is 1. The van der Waals surface area contributed by atoms with Crippen molar-refractivity contribution in [2.75, 3.05) is 19.6 Å². The monoisotopic (exact) mass is 421 g/mol. The molecule has 32 heavy (non-hydrogen) atoms. The van der Waals surface area contributed by atoms with Crippen LogP contribution in [0.3, 0.4) is 0 Å². The fourth-order valence-electron chi connectivity index (χ4n) is 5.37. The maximum absolute atomic E-state index is 13.6. The van der Waals surface area contributed by atoms with E-state index in [-0.39, 0.29) is 17.7 Å². The number of carbonyl (C=O) groups excluding carboxylic acids is 2. The van der Waals surface area contributed by atoms with Crippen molar-refractivity contribution in [1.82, 2.24) is 15.2 Å². The van der Waals surface area contributed by atoms with Gasteiger partial charge in [-0.3, -0.25) is 14.6 Å². The molecule has 4 aromatic rings. The highest BCUT2D eigenvalue weighted by molar-refractivity contribution is 6.13. The molecule has 0 radical (unpaired) electrons. The van der Waals surface area contributed by atoms with Gasteiger partial charge in [0.05, 0.1) is 0 Å². The van der Waals surface area contributed by atoms with Gasteiger partial charge in [0.1, 0.15) is 0 Å². The fourth-order valence-corrected chi connectivity index (χ4v) is 5.37. The van der Waals surface area contributed by atoms with Gasteiger partial charge in [-0.25, -0.2) is 0 Å². The van der Waals surface area contributed by atoms with Crippen molar-refractivity contribution in [3.8, 4) is 11.1 Å². The first-order chi connectivity index (χ1) is 15.7. The summed E-state index contributed by atoms with van der Waals surface area (Å²) in [7, 11) is 0. The molecule has 2 fully saturated rings. The Bertz CT molecular complexity index is 1370. The van der Waals surface area contributed by atoms with E-state index >= 15 is 0 Å². The summed E-state index contributed by atoms with van der Waals surface area (Å²) in [5.74, 6) is 0.770. The molecule has 0 aliphatic carbocycles. The highest BCUT2D eigenvalue weighted by Crippen LogP contribution is 2.36. The van der Waals surface area contributed by atoms with E-state index in [1.54, 1.807) is 0 Å². The molecule has 1 N–H and O–H groups in total. The summed E-state index contributed by atoms with van der Waals surface area (Å²) in [4.78, 5) is 31.5. The van der Waals surface area contributed by atoms with Crippen molar-refractivity contribution in [2.45, 2.75) is 6.42 Å². The molecule has 2 aliphatic rings. The third-order valence-corrected chi connectivity index (χ3v) is 7.00. The first-order valence-corrected chi connectivity index (χ1v) is 11.1. The Kier molecular flexibility index (Phi) is 4.42. The fraction of sp³-hybridized carbons (Fsp3) is 0.222. The van der Waals surface area contributed by atoms with Gasteiger partial charge < -0.3 is 10.2 Å². The lowest BCUT2D eigenvalue weighted by Gasteiger charge is -2.23. The quantitative estimate of drug-likeness (QED) is 0.526. The average Bonchev–Trinajstić information content (AvgIpc) is 3.26. The van der Waals surface area contributed by atoms with Crippen molar-refractivity contribution < 1.29 is 9.59 Å². The van der Waals surface area contributed by atoms with E-state index in [1.165, 1.54) is 0 Å². The van der Waals surface area contributed by atoms with E-state index < -0.39 is 0 Å². The Hall–Kier alpha value is -3.73. The number of rotatable bonds is 2. The van der Waals surface area contributed by atoms with E-state index in [9.17, 15) is 9.59 Å². The van der Waals surface area contributed by atoms with Crippen LogP contribution >= 0.6 is 0 Å². The number of nitrogens with zero attached hydrogens (tertiary/aromatic N) is 2. The predicted molar refractivity (Wildman–Crippen MR) is 125 cm³/mol. The van der Waals surface area contributed by atoms with E-state index in [0.717, 1.165) is 38.2 Å². The second kappa shape index (κ2) is 7.45. The van der Waals surface area contributed by atoms with Crippen LogP contribution in [0.1, 0.15) is 16.8 Å². The number of pyridine rings is 1. The van der Waals surface area contributed by atoms with E-state index in [2.05, 4.69) is 40.6 Å². The zero-order valence-corrected chi connectivity index (χ0v) is 17.6. The Morgan fingerprint density at radius 1 is 0.875 bits per heavy atom. The lowest BCUT2D eigenvalue weighted by Crippen LogP contribution is -2.40. The van der Waals surface area contributed by atoms with Gasteiger partial charge in [-0.2, -0.15) is 0 Å². The molecule has 0 spiro atoms. The molecule has 1 aromatic heterocycles. The first kappa shape index (κ1) is 19.0. The van der Waals surface area contributed by atoms with Crippen molar-refractivity contribution >= 4 is 33.4 Å². The Balaban J connectivity index is 1.43. The maximum Gasteiger partial charge on any atom is 0.254 e. The summed E-state index contributed by atoms with van der Waals surface area (Å²) >= 11 is 0. The van der Waals surface area contributed by atoms with Gasteiger partial charge >= 0.3 is 0 Å². The van der Waals surface area contributed by atoms with Crippen molar-refractivity contribution in [3.05, 3.63) is 78.6 Å². The minimum Gasteiger partial charge on any atom is -0.356 e. The predicted octanol–water partition coefficient (Wildman–Crippen LogP) is 4.26. The molecule has 0 unspecified atom stereocenters. The van der Waals surface area contributed by atoms with Gasteiger partial charge in [-0.05, 0) is 51.3 Å². The van der Waals surface area contributed by atoms with E-state index in [1.807, 2.05) is 47.6 Å². The molecule has 0 bridgehead atoms. The first-order valence-electron chi connectivity index (χ1n) is 11.1. The van der Waals surface area contributed by atoms with Gasteiger partial charge in [-0.15, -0.1) is 0 Å². The minimum absolute atomic E-state index is 0.0525. The lowest BCUT2D eigenvalue weighted by atomic mass is 9.89. The smallest absolute Gasteiger partial charge is 0.254 e. The number of benzene rings is 3. The molecule has 2 amide bonds. The number of fused-ring (bicyclic) bond motifs is 3. The summed E-state index contributed by atoms with van der Waals surface area (Å²) in [6.45, 7) is 2.03. The van der Waals surface area contributed by atoms with Crippen molar-refractivity contribution in [1.29, 1.82) is 0 Å². The molecule has 5 nitrogen and oxygen atoms in total. The molecule has 2 saturated heterocycles. The van der Waals surface area contributed by atoms with Crippen LogP contribution in [0.4, 0.5) is 0 Å². The number of carbonyl (C=O) groups is 2. The second-order valence-electron chi connectivity index (χ2n) is 8.85. The largest absolute Gasteiger partial charge is 0.356 e. The zero-order chi connectivity index (χ0) is 21.7. The summed E-state index contributed by atoms with van der Waals surface area (Å²) in [5.41, 5.74) is 2.97. The van der Waals surface area contributed by atoms with Crippen LogP contribution in [0.25, 0.3) is 32.7 Å². The zero-order valence-electron chi connectivity index (χ0n) is 17.6. The molecule has 5 heteroatoms. The molecular weight excluding hydrogens is 398 g/mol. The Morgan fingerprint density at radius 3 is 2.59 bits per heavy atom. The van der Waals surface area contributed by atoms with Crippen LogP contribution in [0.5, 0.6) is 0 Å². The van der Waals surface area contributed by atoms with E-state index in [4.69, 9.17) is 0 Å². The third kappa shape index (κ3) is 3.04. The van der Waals surface area contributed by atoms with Gasteiger partial charge in [0.2, 0.25) is 5.91 Å². The maximum atomic E-state index is 13.6. The molecular formula is C27H23N3O2. The van der Waals surface area contributed by atoms with Crippen LogP contribution in [0.15, 0.2) is 73.1 Å². The minimum atomic E-state index is 0.0525. The van der Waals surface area contributed by atoms with Gasteiger partial charge in [0.25, 0.3) is 5.91 Å². The summed E-state index contributed by atoms with van der Waals surface area (Å²) < 4.78 is 0. The molecule has 158 valence electrons. The average molecular weight is 422 g/mol. The van der Waals surface area contributed by atoms with Gasteiger partial charge in [-0.1, -0.05) is 48.5 Å². The molecule has 2 aliphatic heterocycles. The van der Waals surface area contributed by atoms with Crippen LogP contribution in [-0.4, -0.2) is 41.3 Å². The number of hydrogen-bond donors (Lipinski definition) is 1. The Morgan fingerprint density at radius 2 is 1.69 bits per heavy atom. The summed E-state index contributed by atoms with van der Waals surface area (Å²) in [5, 5.41) is 7.21. The van der Waals surface area contributed by atoms with Crippen LogP contribution in [-0.2, 0) is 4.79 Å². The molecule has 3 aromatic carbocycles. The molecule has 3 heterocycles. The van der Waals surface area contributed by atoms with Crippen molar-refractivity contribution in [2.24, 2.45) is 11.8 Å². The number of nitrogens with one attached hydrogen (secondary N) is 1. The highest BCUT2D eigenvalue weighted by Gasteiger charge is 2.39. The topological polar surface area (TPSA) is 62.3 Å². The molecule has 0 saturated carbocycles. The van der Waals surface area contributed by atoms with Crippen molar-refractivity contribution in [3.63, 3.8) is 0 Å². The number of amides is 2. The number of hydrogen-bond acceptors (Lipinski definition) is 3. The van der Waals surface area contributed by atoms with Crippen LogP contribution in [0, 0.1) is 11.8 Å². The summed E-state index contributed by atoms with van der Waals surface area (Å²) in [6, 6.07) is 20.5. The molecule has 2 atom stereocenters. The Labute approximate surface area is 186 Å². The summed E-state index contributed by atoms with van der Waals surface area (Å²) in [6.07, 6.45) is 4.22. The van der Waals surface area contributed by atoms with Gasteiger partial charge in [0.15, 0.2) is 0 Å². The molecule has 6 rings (SSSR count). The number of aromatic nitrogens is 1. The third-order valence-electron chi connectivity index (χ3n) is 7.00. The lowest BCUT2D eigenvalue weighted by molar-refractivity contribution is -0.124. The van der Waals surface area contributed by atoms with Crippen LogP contribution < -0.4 is 5.32 Å². The second-order valence-corrected chi connectivity index (χ2v) is 8.85. The highest BCUT2D eigenvalue weighted by atomic mass is 16.2. The standard InChI is InChI=1S/C27H23N3O2/c31-26-12-18-15-30(16-19(18)14-29-26)27(32)25-9-8-24(22-5-1-2-6-23(22)25)21-7-3-4-17-13-28-11-10-20(17)21/h1-11,13,18-19H,12,14-16H2,(H,29,31)/t18-,19+/m1/s1. The van der Waals surface area contributed by atoms with Crippen LogP contribution in [0.2, 0.25) is 0 Å².